The van der Waals surface area contributed by atoms with Crippen LogP contribution in [-0.4, -0.2) is 61.2 Å². The molecule has 0 fully saturated rings. The highest BCUT2D eigenvalue weighted by Gasteiger charge is 2.08. The molecule has 25 heavy (non-hydrogen) atoms. The molecule has 0 bridgehead atoms. The van der Waals surface area contributed by atoms with Crippen molar-refractivity contribution in [3.8, 4) is 5.69 Å². The number of imidazole rings is 1. The molecule has 9 nitrogen and oxygen atoms in total. The molecular formula is C16H21N3O6. The van der Waals surface area contributed by atoms with E-state index in [2.05, 4.69) is 10.3 Å². The molecule has 0 aliphatic rings. The lowest BCUT2D eigenvalue weighted by molar-refractivity contribution is -0.159. The number of nitrogens with one attached hydrogen (secondary N) is 1. The molecule has 0 spiro atoms. The van der Waals surface area contributed by atoms with Crippen LogP contribution in [-0.2, 0) is 9.59 Å². The van der Waals surface area contributed by atoms with E-state index in [0.29, 0.717) is 6.54 Å². The Morgan fingerprint density at radius 3 is 2.24 bits per heavy atom. The molecule has 0 aliphatic heterocycles. The van der Waals surface area contributed by atoms with Gasteiger partial charge in [-0.05, 0) is 24.6 Å². The fraction of sp³-hybridized carbons (Fsp3) is 0.312. The predicted octanol–water partition coefficient (Wildman–Crippen LogP) is 0.0317. The van der Waals surface area contributed by atoms with Gasteiger partial charge in [0.05, 0.1) is 19.0 Å². The summed E-state index contributed by atoms with van der Waals surface area (Å²) < 4.78 is 1.94. The van der Waals surface area contributed by atoms with Crippen LogP contribution in [0.3, 0.4) is 0 Å². The van der Waals surface area contributed by atoms with Crippen molar-refractivity contribution in [2.45, 2.75) is 19.1 Å². The molecule has 1 aromatic heterocycles. The third-order valence-electron chi connectivity index (χ3n) is 3.25. The van der Waals surface area contributed by atoms with E-state index < -0.39 is 18.0 Å². The van der Waals surface area contributed by atoms with Crippen molar-refractivity contribution in [3.05, 3.63) is 48.5 Å². The Bertz CT molecular complexity index is 645. The van der Waals surface area contributed by atoms with Crippen molar-refractivity contribution in [3.63, 3.8) is 0 Å². The first-order valence-corrected chi connectivity index (χ1v) is 7.42. The average molecular weight is 351 g/mol. The minimum Gasteiger partial charge on any atom is -0.473 e. The number of hydrogen-bond acceptors (Lipinski definition) is 6. The van der Waals surface area contributed by atoms with Crippen LogP contribution in [0.15, 0.2) is 43.0 Å². The first kappa shape index (κ1) is 20.3. The second-order valence-corrected chi connectivity index (χ2v) is 5.14. The summed E-state index contributed by atoms with van der Waals surface area (Å²) in [6.45, 7) is 2.18. The van der Waals surface area contributed by atoms with Gasteiger partial charge >= 0.3 is 11.9 Å². The summed E-state index contributed by atoms with van der Waals surface area (Å²) >= 11 is 0. The Hall–Kier alpha value is -2.75. The number of carboxylic acid groups (broad SMARTS) is 2. The van der Waals surface area contributed by atoms with Crippen molar-refractivity contribution in [1.82, 2.24) is 14.9 Å². The Morgan fingerprint density at radius 2 is 1.80 bits per heavy atom. The van der Waals surface area contributed by atoms with Crippen LogP contribution in [0.25, 0.3) is 5.69 Å². The minimum atomic E-state index is -1.82. The van der Waals surface area contributed by atoms with Gasteiger partial charge < -0.3 is 30.3 Å². The van der Waals surface area contributed by atoms with Gasteiger partial charge in [-0.15, -0.1) is 0 Å². The predicted molar refractivity (Wildman–Crippen MR) is 88.3 cm³/mol. The van der Waals surface area contributed by atoms with E-state index >= 15 is 0 Å². The maximum Gasteiger partial charge on any atom is 0.414 e. The van der Waals surface area contributed by atoms with Crippen molar-refractivity contribution in [1.29, 1.82) is 0 Å². The van der Waals surface area contributed by atoms with Gasteiger partial charge in [-0.25, -0.2) is 14.6 Å². The summed E-state index contributed by atoms with van der Waals surface area (Å²) in [4.78, 5) is 22.2. The van der Waals surface area contributed by atoms with E-state index in [0.717, 1.165) is 11.3 Å². The Balaban J connectivity index is 0.000000450. The van der Waals surface area contributed by atoms with Gasteiger partial charge in [0.1, 0.15) is 0 Å². The standard InChI is InChI=1S/C14H19N3O2.C2H2O4/c1-11(16-8-14(19)9-18)12-2-4-13(5-3-12)17-7-6-15-10-17;3-1(4)2(5)6/h2-7,10-11,14,16,18-19H,8-9H2,1H3;(H,3,4)(H,5,6). The van der Waals surface area contributed by atoms with Gasteiger partial charge in [-0.1, -0.05) is 12.1 Å². The van der Waals surface area contributed by atoms with Crippen molar-refractivity contribution < 1.29 is 30.0 Å². The molecule has 2 aromatic rings. The van der Waals surface area contributed by atoms with Gasteiger partial charge in [0.15, 0.2) is 0 Å². The molecule has 5 N–H and O–H groups in total. The monoisotopic (exact) mass is 351 g/mol. The van der Waals surface area contributed by atoms with E-state index in [1.165, 1.54) is 0 Å². The fourth-order valence-corrected chi connectivity index (χ4v) is 1.84. The smallest absolute Gasteiger partial charge is 0.414 e. The van der Waals surface area contributed by atoms with Crippen LogP contribution in [0.1, 0.15) is 18.5 Å². The van der Waals surface area contributed by atoms with E-state index in [4.69, 9.17) is 24.9 Å². The zero-order valence-corrected chi connectivity index (χ0v) is 13.6. The zero-order valence-electron chi connectivity index (χ0n) is 13.6. The number of rotatable bonds is 6. The highest BCUT2D eigenvalue weighted by Crippen LogP contribution is 2.15. The lowest BCUT2D eigenvalue weighted by atomic mass is 10.1. The van der Waals surface area contributed by atoms with Crippen molar-refractivity contribution >= 4 is 11.9 Å². The second kappa shape index (κ2) is 10.2. The summed E-state index contributed by atoms with van der Waals surface area (Å²) in [5.74, 6) is -3.65. The van der Waals surface area contributed by atoms with Gasteiger partial charge in [-0.2, -0.15) is 0 Å². The molecule has 0 aliphatic carbocycles. The van der Waals surface area contributed by atoms with Crippen LogP contribution in [0.4, 0.5) is 0 Å². The van der Waals surface area contributed by atoms with Gasteiger partial charge in [-0.3, -0.25) is 0 Å². The molecule has 1 aromatic carbocycles. The number of aromatic nitrogens is 2. The molecule has 0 radical (unpaired) electrons. The van der Waals surface area contributed by atoms with Gasteiger partial charge in [0.25, 0.3) is 0 Å². The number of carbonyl (C=O) groups is 2. The highest BCUT2D eigenvalue weighted by atomic mass is 16.4. The minimum absolute atomic E-state index is 0.123. The molecule has 2 rings (SSSR count). The molecule has 0 saturated heterocycles. The van der Waals surface area contributed by atoms with E-state index in [9.17, 15) is 5.11 Å². The molecule has 136 valence electrons. The number of aliphatic hydroxyl groups is 2. The topological polar surface area (TPSA) is 145 Å². The molecule has 2 unspecified atom stereocenters. The summed E-state index contributed by atoms with van der Waals surface area (Å²) in [7, 11) is 0. The van der Waals surface area contributed by atoms with E-state index in [1.807, 2.05) is 42.0 Å². The number of aliphatic hydroxyl groups excluding tert-OH is 2. The Labute approximate surface area is 144 Å². The molecule has 1 heterocycles. The van der Waals surface area contributed by atoms with E-state index in [1.54, 1.807) is 12.5 Å². The number of hydrogen-bond donors (Lipinski definition) is 5. The average Bonchev–Trinajstić information content (AvgIpc) is 3.14. The third kappa shape index (κ3) is 7.12. The summed E-state index contributed by atoms with van der Waals surface area (Å²) in [6.07, 6.45) is 4.68. The normalized spacial score (nSPS) is 12.6. The van der Waals surface area contributed by atoms with Crippen LogP contribution in [0.2, 0.25) is 0 Å². The highest BCUT2D eigenvalue weighted by molar-refractivity contribution is 6.27. The SMILES string of the molecule is CC(NCC(O)CO)c1ccc(-n2ccnc2)cc1.O=C(O)C(=O)O. The zero-order chi connectivity index (χ0) is 18.8. The summed E-state index contributed by atoms with van der Waals surface area (Å²) in [5.41, 5.74) is 2.19. The lowest BCUT2D eigenvalue weighted by Crippen LogP contribution is -2.31. The molecule has 9 heteroatoms. The molecule has 0 amide bonds. The van der Waals surface area contributed by atoms with Crippen LogP contribution < -0.4 is 5.32 Å². The van der Waals surface area contributed by atoms with Gasteiger partial charge in [0, 0.05) is 30.7 Å². The maximum atomic E-state index is 9.30. The number of carboxylic acids is 2. The second-order valence-electron chi connectivity index (χ2n) is 5.14. The Kier molecular flexibility index (Phi) is 8.27. The quantitative estimate of drug-likeness (QED) is 0.458. The number of nitrogens with zero attached hydrogens (tertiary/aromatic N) is 2. The molecule has 2 atom stereocenters. The van der Waals surface area contributed by atoms with Crippen LogP contribution in [0, 0.1) is 0 Å². The Morgan fingerprint density at radius 1 is 1.20 bits per heavy atom. The van der Waals surface area contributed by atoms with E-state index in [-0.39, 0.29) is 12.6 Å². The maximum absolute atomic E-state index is 9.30. The summed E-state index contributed by atoms with van der Waals surface area (Å²) in [6, 6.07) is 8.25. The first-order valence-electron chi connectivity index (χ1n) is 7.42. The van der Waals surface area contributed by atoms with Crippen molar-refractivity contribution in [2.75, 3.05) is 13.2 Å². The third-order valence-corrected chi connectivity index (χ3v) is 3.25. The number of aliphatic carboxylic acids is 2. The number of benzene rings is 1. The first-order chi connectivity index (χ1) is 11.8. The lowest BCUT2D eigenvalue weighted by Gasteiger charge is -2.16. The van der Waals surface area contributed by atoms with Crippen LogP contribution >= 0.6 is 0 Å². The largest absolute Gasteiger partial charge is 0.473 e. The molecular weight excluding hydrogens is 330 g/mol. The molecule has 0 saturated carbocycles. The van der Waals surface area contributed by atoms with Gasteiger partial charge in [0.2, 0.25) is 0 Å². The summed E-state index contributed by atoms with van der Waals surface area (Å²) in [5, 5.41) is 36.0. The van der Waals surface area contributed by atoms with Crippen LogP contribution in [0.5, 0.6) is 0 Å². The van der Waals surface area contributed by atoms with Crippen molar-refractivity contribution in [2.24, 2.45) is 0 Å². The fourth-order valence-electron chi connectivity index (χ4n) is 1.84.